The van der Waals surface area contributed by atoms with Crippen LogP contribution in [0.1, 0.15) is 49.3 Å². The molecule has 2 fully saturated rings. The largest absolute Gasteiger partial charge is 0.375 e. The number of nitrogens with zero attached hydrogens (tertiary/aromatic N) is 2. The van der Waals surface area contributed by atoms with Crippen LogP contribution in [-0.2, 0) is 17.7 Å². The number of nitrogens with one attached hydrogen (secondary N) is 3. The van der Waals surface area contributed by atoms with Crippen molar-refractivity contribution in [3.05, 3.63) is 16.7 Å². The fourth-order valence-electron chi connectivity index (χ4n) is 4.66. The average Bonchev–Trinajstić information content (AvgIpc) is 3.20. The molecule has 0 aliphatic carbocycles. The number of anilines is 2. The monoisotopic (exact) mass is 371 g/mol. The number of nitriles is 1. The Morgan fingerprint density at radius 3 is 2.81 bits per heavy atom. The molecule has 0 bridgehead atoms. The summed E-state index contributed by atoms with van der Waals surface area (Å²) in [6, 6.07) is 2.54. The maximum absolute atomic E-state index is 9.97. The molecule has 4 rings (SSSR count). The number of pyridine rings is 1. The summed E-state index contributed by atoms with van der Waals surface area (Å²) < 4.78 is 5.80. The minimum atomic E-state index is 0.303. The Balaban J connectivity index is 1.67. The van der Waals surface area contributed by atoms with Crippen molar-refractivity contribution in [2.24, 2.45) is 5.92 Å². The van der Waals surface area contributed by atoms with Crippen molar-refractivity contribution >= 4 is 11.6 Å². The molecule has 0 saturated carbocycles. The third-order valence-electron chi connectivity index (χ3n) is 6.47. The van der Waals surface area contributed by atoms with E-state index in [1.807, 2.05) is 0 Å². The molecule has 0 radical (unpaired) electrons. The Morgan fingerprint density at radius 1 is 1.30 bits per heavy atom. The van der Waals surface area contributed by atoms with Crippen molar-refractivity contribution < 1.29 is 14.6 Å². The standard InChI is InChI=1S/C21H31N5O/c1-15-5-9-26(10-6-15)21-18(12-22)17-7-8-25(2)14-19(17)20(24-21)23-13-16-4-3-11-27-16/h15-16H,3-11,13-14H2,1-2H3,(H,23,24)/p+2/t16-/m0/s1. The summed E-state index contributed by atoms with van der Waals surface area (Å²) in [5, 5.41) is 13.6. The van der Waals surface area contributed by atoms with E-state index in [9.17, 15) is 5.26 Å². The van der Waals surface area contributed by atoms with E-state index in [4.69, 9.17) is 4.74 Å². The first-order valence-electron chi connectivity index (χ1n) is 10.6. The molecule has 3 aliphatic rings. The Hall–Kier alpha value is -1.84. The number of quaternary nitrogens is 1. The summed E-state index contributed by atoms with van der Waals surface area (Å²) >= 11 is 0. The fourth-order valence-corrected chi connectivity index (χ4v) is 4.66. The number of rotatable bonds is 4. The van der Waals surface area contributed by atoms with Crippen LogP contribution in [-0.4, -0.2) is 45.9 Å². The quantitative estimate of drug-likeness (QED) is 0.821. The van der Waals surface area contributed by atoms with Gasteiger partial charge < -0.3 is 15.0 Å². The lowest BCUT2D eigenvalue weighted by atomic mass is 9.94. The molecule has 2 atom stereocenters. The van der Waals surface area contributed by atoms with E-state index in [-0.39, 0.29) is 0 Å². The van der Waals surface area contributed by atoms with Gasteiger partial charge in [0.15, 0.2) is 0 Å². The fraction of sp³-hybridized carbons (Fsp3) is 0.714. The second-order valence-electron chi connectivity index (χ2n) is 8.61. The highest BCUT2D eigenvalue weighted by atomic mass is 16.5. The highest BCUT2D eigenvalue weighted by molar-refractivity contribution is 5.61. The first-order chi connectivity index (χ1) is 13.2. The highest BCUT2D eigenvalue weighted by Gasteiger charge is 2.33. The molecule has 1 unspecified atom stereocenters. The van der Waals surface area contributed by atoms with Gasteiger partial charge in [-0.25, -0.2) is 4.98 Å². The number of piperidine rings is 1. The van der Waals surface area contributed by atoms with E-state index in [0.717, 1.165) is 81.7 Å². The predicted octanol–water partition coefficient (Wildman–Crippen LogP) is 0.770. The van der Waals surface area contributed by atoms with Gasteiger partial charge in [-0.15, -0.1) is 0 Å². The van der Waals surface area contributed by atoms with Crippen molar-refractivity contribution in [1.29, 1.82) is 5.26 Å². The van der Waals surface area contributed by atoms with Gasteiger partial charge in [0, 0.05) is 13.0 Å². The van der Waals surface area contributed by atoms with Crippen LogP contribution in [0.15, 0.2) is 0 Å². The zero-order chi connectivity index (χ0) is 18.8. The summed E-state index contributed by atoms with van der Waals surface area (Å²) in [5.41, 5.74) is 3.42. The maximum atomic E-state index is 9.97. The van der Waals surface area contributed by atoms with Gasteiger partial charge in [0.25, 0.3) is 0 Å². The molecular formula is C21H33N5O+2. The summed E-state index contributed by atoms with van der Waals surface area (Å²) in [7, 11) is 2.23. The molecule has 0 spiro atoms. The van der Waals surface area contributed by atoms with Crippen molar-refractivity contribution in [2.75, 3.05) is 50.1 Å². The van der Waals surface area contributed by atoms with Crippen LogP contribution in [0.25, 0.3) is 0 Å². The number of aromatic amines is 1. The van der Waals surface area contributed by atoms with Crippen LogP contribution >= 0.6 is 0 Å². The Labute approximate surface area is 162 Å². The van der Waals surface area contributed by atoms with Crippen LogP contribution in [0.2, 0.25) is 0 Å². The summed E-state index contributed by atoms with van der Waals surface area (Å²) in [6.45, 7) is 8.16. The van der Waals surface area contributed by atoms with Crippen LogP contribution in [0, 0.1) is 17.2 Å². The van der Waals surface area contributed by atoms with E-state index in [0.29, 0.717) is 6.10 Å². The molecule has 0 amide bonds. The molecule has 1 aromatic rings. The van der Waals surface area contributed by atoms with Gasteiger partial charge in [0.05, 0.1) is 44.9 Å². The molecule has 1 aromatic heterocycles. The molecule has 6 nitrogen and oxygen atoms in total. The van der Waals surface area contributed by atoms with Gasteiger partial charge in [-0.3, -0.25) is 4.90 Å². The van der Waals surface area contributed by atoms with Crippen molar-refractivity contribution in [3.8, 4) is 6.07 Å². The number of aromatic nitrogens is 1. The van der Waals surface area contributed by atoms with Crippen molar-refractivity contribution in [1.82, 2.24) is 0 Å². The lowest BCUT2D eigenvalue weighted by Gasteiger charge is -2.30. The minimum Gasteiger partial charge on any atom is -0.375 e. The lowest BCUT2D eigenvalue weighted by molar-refractivity contribution is -0.895. The van der Waals surface area contributed by atoms with Crippen LogP contribution < -0.4 is 20.1 Å². The summed E-state index contributed by atoms with van der Waals surface area (Å²) in [6.07, 6.45) is 5.96. The number of hydrogen-bond donors (Lipinski definition) is 2. The molecule has 27 heavy (non-hydrogen) atoms. The zero-order valence-electron chi connectivity index (χ0n) is 16.7. The number of H-pyrrole nitrogens is 1. The molecule has 146 valence electrons. The number of fused-ring (bicyclic) bond motifs is 1. The number of likely N-dealkylation sites (N-methyl/N-ethyl adjacent to an activating group) is 1. The third-order valence-corrected chi connectivity index (χ3v) is 6.47. The first-order valence-corrected chi connectivity index (χ1v) is 10.6. The topological polar surface area (TPSA) is 66.9 Å². The van der Waals surface area contributed by atoms with E-state index in [1.165, 1.54) is 28.9 Å². The minimum absolute atomic E-state index is 0.303. The molecular weight excluding hydrogens is 338 g/mol. The summed E-state index contributed by atoms with van der Waals surface area (Å²) in [4.78, 5) is 7.53. The van der Waals surface area contributed by atoms with Gasteiger partial charge in [-0.05, 0) is 37.2 Å². The van der Waals surface area contributed by atoms with Crippen molar-refractivity contribution in [2.45, 2.75) is 51.7 Å². The average molecular weight is 372 g/mol. The van der Waals surface area contributed by atoms with E-state index in [2.05, 4.69) is 35.2 Å². The smallest absolute Gasteiger partial charge is 0.240 e. The maximum Gasteiger partial charge on any atom is 0.240 e. The molecule has 4 heterocycles. The molecule has 3 N–H and O–H groups in total. The number of ether oxygens (including phenoxy) is 1. The predicted molar refractivity (Wildman–Crippen MR) is 105 cm³/mol. The molecule has 3 aliphatic heterocycles. The first kappa shape index (κ1) is 18.5. The summed E-state index contributed by atoms with van der Waals surface area (Å²) in [5.74, 6) is 2.91. The van der Waals surface area contributed by atoms with Crippen LogP contribution in [0.4, 0.5) is 11.6 Å². The van der Waals surface area contributed by atoms with Gasteiger partial charge in [-0.2, -0.15) is 5.26 Å². The van der Waals surface area contributed by atoms with E-state index < -0.39 is 0 Å². The van der Waals surface area contributed by atoms with Gasteiger partial charge in [0.2, 0.25) is 11.6 Å². The molecule has 0 aromatic carbocycles. The lowest BCUT2D eigenvalue weighted by Crippen LogP contribution is -3.08. The molecule has 6 heteroatoms. The molecule has 2 saturated heterocycles. The normalized spacial score (nSPS) is 25.9. The van der Waals surface area contributed by atoms with Crippen LogP contribution in [0.3, 0.4) is 0 Å². The van der Waals surface area contributed by atoms with Gasteiger partial charge in [-0.1, -0.05) is 6.92 Å². The third kappa shape index (κ3) is 3.90. The van der Waals surface area contributed by atoms with Gasteiger partial charge in [0.1, 0.15) is 18.2 Å². The van der Waals surface area contributed by atoms with E-state index >= 15 is 0 Å². The number of hydrogen-bond acceptors (Lipinski definition) is 4. The van der Waals surface area contributed by atoms with E-state index in [1.54, 1.807) is 0 Å². The second kappa shape index (κ2) is 8.04. The zero-order valence-corrected chi connectivity index (χ0v) is 16.7. The van der Waals surface area contributed by atoms with Gasteiger partial charge >= 0.3 is 0 Å². The second-order valence-corrected chi connectivity index (χ2v) is 8.61. The Bertz CT molecular complexity index is 714. The van der Waals surface area contributed by atoms with Crippen molar-refractivity contribution in [3.63, 3.8) is 0 Å². The Kier molecular flexibility index (Phi) is 5.51. The SMILES string of the molecule is CC1CCN(c2[nH+]c(NC[C@@H]3CCCO3)c3c(c2C#N)CC[NH+](C)C3)CC1. The Morgan fingerprint density at radius 2 is 2.11 bits per heavy atom. The highest BCUT2D eigenvalue weighted by Crippen LogP contribution is 2.30. The van der Waals surface area contributed by atoms with Crippen LogP contribution in [0.5, 0.6) is 0 Å².